The Hall–Kier alpha value is -3.54. The third-order valence-electron chi connectivity index (χ3n) is 8.78. The Kier molecular flexibility index (Phi) is 9.29. The molecule has 2 heterocycles. The number of imide groups is 1. The highest BCUT2D eigenvalue weighted by Crippen LogP contribution is 2.39. The Bertz CT molecular complexity index is 1420. The first-order valence-electron chi connectivity index (χ1n) is 14.8. The van der Waals surface area contributed by atoms with E-state index in [1.807, 2.05) is 30.3 Å². The van der Waals surface area contributed by atoms with Crippen LogP contribution in [-0.4, -0.2) is 74.5 Å². The third kappa shape index (κ3) is 6.45. The van der Waals surface area contributed by atoms with Gasteiger partial charge in [-0.25, -0.2) is 0 Å². The van der Waals surface area contributed by atoms with Crippen molar-refractivity contribution in [2.75, 3.05) is 13.7 Å². The molecular weight excluding hydrogens is 578 g/mol. The lowest BCUT2D eigenvalue weighted by molar-refractivity contribution is -0.263. The zero-order valence-corrected chi connectivity index (χ0v) is 27.1. The molecule has 2 unspecified atom stereocenters. The summed E-state index contributed by atoms with van der Waals surface area (Å²) in [7, 11) is -0.660. The number of benzene rings is 3. The van der Waals surface area contributed by atoms with Gasteiger partial charge in [-0.2, -0.15) is 0 Å². The van der Waals surface area contributed by atoms with Crippen LogP contribution in [0, 0.1) is 0 Å². The van der Waals surface area contributed by atoms with E-state index in [1.54, 1.807) is 55.6 Å². The predicted octanol–water partition coefficient (Wildman–Crippen LogP) is 5.43. The zero-order valence-electron chi connectivity index (χ0n) is 26.1. The van der Waals surface area contributed by atoms with Crippen LogP contribution in [0.25, 0.3) is 0 Å². The van der Waals surface area contributed by atoms with E-state index in [1.165, 1.54) is 0 Å². The van der Waals surface area contributed by atoms with Gasteiger partial charge in [-0.1, -0.05) is 63.2 Å². The van der Waals surface area contributed by atoms with Gasteiger partial charge in [0.25, 0.3) is 11.8 Å². The minimum Gasteiger partial charge on any atom is -0.497 e. The Balaban J connectivity index is 1.53. The van der Waals surface area contributed by atoms with Gasteiger partial charge >= 0.3 is 0 Å². The molecule has 0 aromatic heterocycles. The summed E-state index contributed by atoms with van der Waals surface area (Å²) in [6.07, 6.45) is -4.33. The number of carbonyl (C=O) groups excluding carboxylic acids is 2. The van der Waals surface area contributed by atoms with E-state index < -0.39 is 50.8 Å². The van der Waals surface area contributed by atoms with Gasteiger partial charge in [-0.3, -0.25) is 14.5 Å². The summed E-state index contributed by atoms with van der Waals surface area (Å²) in [4.78, 5) is 28.7. The number of carbonyl (C=O) groups is 2. The normalized spacial score (nSPS) is 23.9. The lowest BCUT2D eigenvalue weighted by Gasteiger charge is -2.47. The molecule has 9 nitrogen and oxygen atoms in total. The molecule has 0 aliphatic carbocycles. The van der Waals surface area contributed by atoms with Crippen molar-refractivity contribution in [1.82, 2.24) is 4.90 Å². The number of aliphatic hydroxyl groups excluding tert-OH is 1. The molecule has 0 saturated carbocycles. The zero-order chi connectivity index (χ0) is 31.6. The molecule has 2 amide bonds. The molecule has 1 fully saturated rings. The molecule has 5 atom stereocenters. The van der Waals surface area contributed by atoms with E-state index >= 15 is 0 Å². The van der Waals surface area contributed by atoms with Gasteiger partial charge < -0.3 is 28.5 Å². The van der Waals surface area contributed by atoms with Gasteiger partial charge in [0.05, 0.1) is 31.5 Å². The fraction of sp³-hybridized carbons (Fsp3) is 0.412. The Labute approximate surface area is 259 Å². The molecule has 1 N–H and O–H groups in total. The number of aliphatic hydroxyl groups is 1. The van der Waals surface area contributed by atoms with E-state index in [9.17, 15) is 14.7 Å². The molecular formula is C34H41NO8Si. The van der Waals surface area contributed by atoms with Crippen LogP contribution in [0.15, 0.2) is 78.9 Å². The monoisotopic (exact) mass is 619 g/mol. The Morgan fingerprint density at radius 2 is 1.43 bits per heavy atom. The van der Waals surface area contributed by atoms with Crippen LogP contribution in [0.1, 0.15) is 47.1 Å². The van der Waals surface area contributed by atoms with E-state index in [2.05, 4.69) is 33.9 Å². The average molecular weight is 620 g/mol. The van der Waals surface area contributed by atoms with Crippen molar-refractivity contribution in [3.63, 3.8) is 0 Å². The lowest BCUT2D eigenvalue weighted by atomic mass is 9.95. The summed E-state index contributed by atoms with van der Waals surface area (Å²) in [5, 5.41) is 11.8. The quantitative estimate of drug-likeness (QED) is 0.237. The van der Waals surface area contributed by atoms with Crippen LogP contribution in [0.4, 0.5) is 0 Å². The number of nitrogens with zero attached hydrogens (tertiary/aromatic N) is 1. The maximum atomic E-state index is 13.8. The molecule has 3 aromatic carbocycles. The van der Waals surface area contributed by atoms with Crippen LogP contribution < -0.4 is 9.47 Å². The maximum Gasteiger partial charge on any atom is 0.262 e. The van der Waals surface area contributed by atoms with Crippen molar-refractivity contribution >= 4 is 20.1 Å². The van der Waals surface area contributed by atoms with Crippen molar-refractivity contribution in [2.45, 2.75) is 76.2 Å². The van der Waals surface area contributed by atoms with Crippen molar-refractivity contribution in [1.29, 1.82) is 0 Å². The number of hydrogen-bond donors (Lipinski definition) is 1. The molecule has 0 radical (unpaired) electrons. The fourth-order valence-electron chi connectivity index (χ4n) is 5.14. The van der Waals surface area contributed by atoms with Crippen LogP contribution >= 0.6 is 0 Å². The first kappa shape index (κ1) is 31.9. The standard InChI is InChI=1S/C34H41NO8Si/c1-34(2,3)44(5,6)41-21-27-29(36)30(40-20-22-12-8-7-9-13-22)28(33(43-27)42-24-18-16-23(39-4)17-19-24)35-31(37)25-14-10-11-15-26(25)32(35)38/h7-19,27-30,33,36H,20-21H2,1-6H3/t27?,28?,29-,30+,33-/m1/s1. The molecule has 44 heavy (non-hydrogen) atoms. The summed E-state index contributed by atoms with van der Waals surface area (Å²) in [6, 6.07) is 22.0. The first-order valence-corrected chi connectivity index (χ1v) is 17.7. The molecule has 5 rings (SSSR count). The minimum absolute atomic E-state index is 0.0719. The molecule has 1 saturated heterocycles. The second kappa shape index (κ2) is 12.8. The summed E-state index contributed by atoms with van der Waals surface area (Å²) in [6.45, 7) is 10.9. The van der Waals surface area contributed by atoms with E-state index in [0.29, 0.717) is 11.5 Å². The SMILES string of the molecule is COc1ccc(O[C@@H]2OC(CO[Si](C)(C)C(C)(C)C)[C@@H](O)[C@@H](OCc3ccccc3)C2N2C(=O)c3ccccc3C2=O)cc1. The van der Waals surface area contributed by atoms with Crippen molar-refractivity contribution in [3.8, 4) is 11.5 Å². The Morgan fingerprint density at radius 1 is 0.864 bits per heavy atom. The summed E-state index contributed by atoms with van der Waals surface area (Å²) >= 11 is 0. The smallest absolute Gasteiger partial charge is 0.262 e. The highest BCUT2D eigenvalue weighted by Gasteiger charge is 2.55. The van der Waals surface area contributed by atoms with Crippen molar-refractivity contribution < 1.29 is 38.1 Å². The van der Waals surface area contributed by atoms with Gasteiger partial charge in [0.15, 0.2) is 8.32 Å². The van der Waals surface area contributed by atoms with Gasteiger partial charge in [0.1, 0.15) is 35.9 Å². The molecule has 234 valence electrons. The van der Waals surface area contributed by atoms with Crippen LogP contribution in [0.2, 0.25) is 18.1 Å². The first-order chi connectivity index (χ1) is 20.9. The van der Waals surface area contributed by atoms with Gasteiger partial charge in [-0.05, 0) is 60.1 Å². The number of methoxy groups -OCH3 is 1. The number of fused-ring (bicyclic) bond motifs is 1. The molecule has 0 spiro atoms. The van der Waals surface area contributed by atoms with Crippen LogP contribution in [0.3, 0.4) is 0 Å². The Morgan fingerprint density at radius 3 is 2.00 bits per heavy atom. The van der Waals surface area contributed by atoms with Crippen molar-refractivity contribution in [2.24, 2.45) is 0 Å². The topological polar surface area (TPSA) is 104 Å². The van der Waals surface area contributed by atoms with E-state index in [4.69, 9.17) is 23.4 Å². The van der Waals surface area contributed by atoms with Gasteiger partial charge in [-0.15, -0.1) is 0 Å². The number of hydrogen-bond acceptors (Lipinski definition) is 8. The maximum absolute atomic E-state index is 13.8. The number of ether oxygens (including phenoxy) is 4. The molecule has 2 aliphatic heterocycles. The van der Waals surface area contributed by atoms with Crippen molar-refractivity contribution in [3.05, 3.63) is 95.6 Å². The molecule has 2 aliphatic rings. The number of amides is 2. The second-order valence-corrected chi connectivity index (χ2v) is 17.5. The summed E-state index contributed by atoms with van der Waals surface area (Å²) < 4.78 is 31.0. The highest BCUT2D eigenvalue weighted by atomic mass is 28.4. The molecule has 0 bridgehead atoms. The van der Waals surface area contributed by atoms with Crippen LogP contribution in [-0.2, 0) is 20.5 Å². The predicted molar refractivity (Wildman–Crippen MR) is 167 cm³/mol. The summed E-state index contributed by atoms with van der Waals surface area (Å²) in [5.74, 6) is 0.0663. The third-order valence-corrected chi connectivity index (χ3v) is 13.3. The summed E-state index contributed by atoms with van der Waals surface area (Å²) in [5.41, 5.74) is 1.43. The molecule has 3 aromatic rings. The molecule has 10 heteroatoms. The van der Waals surface area contributed by atoms with Crippen LogP contribution in [0.5, 0.6) is 11.5 Å². The number of rotatable bonds is 10. The lowest BCUT2D eigenvalue weighted by Crippen LogP contribution is -2.67. The van der Waals surface area contributed by atoms with E-state index in [0.717, 1.165) is 10.5 Å². The van der Waals surface area contributed by atoms with E-state index in [-0.39, 0.29) is 29.4 Å². The second-order valence-electron chi connectivity index (χ2n) is 12.7. The van der Waals surface area contributed by atoms with Gasteiger partial charge in [0, 0.05) is 0 Å². The largest absolute Gasteiger partial charge is 0.497 e. The average Bonchev–Trinajstić information content (AvgIpc) is 3.25. The highest BCUT2D eigenvalue weighted by molar-refractivity contribution is 6.74. The fourth-order valence-corrected chi connectivity index (χ4v) is 6.16. The minimum atomic E-state index is -2.23. The van der Waals surface area contributed by atoms with Gasteiger partial charge in [0.2, 0.25) is 6.29 Å².